The van der Waals surface area contributed by atoms with Gasteiger partial charge in [-0.05, 0) is 6.42 Å². The summed E-state index contributed by atoms with van der Waals surface area (Å²) in [6, 6.07) is 0. The first-order valence-electron chi connectivity index (χ1n) is 3.59. The van der Waals surface area contributed by atoms with Crippen molar-refractivity contribution in [2.75, 3.05) is 21.3 Å². The summed E-state index contributed by atoms with van der Waals surface area (Å²) in [6.45, 7) is 1.78. The lowest BCUT2D eigenvalue weighted by atomic mass is 10.5. The van der Waals surface area contributed by atoms with Gasteiger partial charge in [0.05, 0.1) is 0 Å². The highest BCUT2D eigenvalue weighted by Gasteiger charge is 2.56. The van der Waals surface area contributed by atoms with Gasteiger partial charge in [0.1, 0.15) is 0 Å². The molecule has 0 saturated heterocycles. The summed E-state index contributed by atoms with van der Waals surface area (Å²) in [7, 11) is 1.30. The van der Waals surface area contributed by atoms with Crippen LogP contribution >= 0.6 is 12.6 Å². The van der Waals surface area contributed by atoms with Crippen molar-refractivity contribution in [3.63, 3.8) is 0 Å². The largest absolute Gasteiger partial charge is 0.544 e. The summed E-state index contributed by atoms with van der Waals surface area (Å²) in [5.41, 5.74) is 0. The maximum Gasteiger partial charge on any atom is 0.544 e. The van der Waals surface area contributed by atoms with Crippen LogP contribution in [0.5, 0.6) is 0 Å². The van der Waals surface area contributed by atoms with Crippen LogP contribution in [0, 0.1) is 0 Å². The van der Waals surface area contributed by atoms with E-state index in [1.54, 1.807) is 6.92 Å². The molecule has 0 aliphatic rings. The molecule has 0 fully saturated rings. The molecule has 0 saturated carbocycles. The van der Waals surface area contributed by atoms with Gasteiger partial charge in [0, 0.05) is 21.3 Å². The Bertz CT molecular complexity index is 129. The predicted molar refractivity (Wildman–Crippen MR) is 51.0 cm³/mol. The second kappa shape index (κ2) is 4.59. The van der Waals surface area contributed by atoms with Crippen LogP contribution in [0.2, 0.25) is 0 Å². The number of rotatable bonds is 5. The van der Waals surface area contributed by atoms with Crippen molar-refractivity contribution >= 4 is 21.4 Å². The molecule has 6 heteroatoms. The van der Waals surface area contributed by atoms with Crippen LogP contribution in [0.15, 0.2) is 0 Å². The molecule has 0 aliphatic heterocycles. The van der Waals surface area contributed by atoms with Crippen molar-refractivity contribution in [2.24, 2.45) is 0 Å². The first kappa shape index (κ1) is 12.4. The van der Waals surface area contributed by atoms with Gasteiger partial charge in [-0.2, -0.15) is 0 Å². The third-order valence-electron chi connectivity index (χ3n) is 1.79. The molecule has 0 aromatic carbocycles. The monoisotopic (exact) mass is 212 g/mol. The van der Waals surface area contributed by atoms with Crippen molar-refractivity contribution in [3.8, 4) is 0 Å². The van der Waals surface area contributed by atoms with Gasteiger partial charge in [-0.25, -0.2) is 0 Å². The molecule has 1 unspecified atom stereocenters. The topological polar surface area (TPSA) is 47.9 Å². The van der Waals surface area contributed by atoms with E-state index in [9.17, 15) is 5.11 Å². The van der Waals surface area contributed by atoms with E-state index in [1.807, 2.05) is 0 Å². The number of hydrogen-bond donors (Lipinski definition) is 2. The summed E-state index contributed by atoms with van der Waals surface area (Å²) in [5, 5.41) is 9.78. The fourth-order valence-corrected chi connectivity index (χ4v) is 3.69. The molecule has 0 rings (SSSR count). The normalized spacial score (nSPS) is 17.5. The van der Waals surface area contributed by atoms with Gasteiger partial charge in [-0.15, -0.1) is 12.6 Å². The second-order valence-corrected chi connectivity index (χ2v) is 6.66. The van der Waals surface area contributed by atoms with E-state index in [0.717, 1.165) is 0 Å². The molecule has 0 bridgehead atoms. The Labute approximate surface area is 79.6 Å². The van der Waals surface area contributed by atoms with Crippen molar-refractivity contribution in [3.05, 3.63) is 0 Å². The summed E-state index contributed by atoms with van der Waals surface area (Å²) in [5.74, 6) is 0. The zero-order chi connectivity index (χ0) is 9.83. The van der Waals surface area contributed by atoms with Crippen LogP contribution in [0.1, 0.15) is 13.3 Å². The first-order valence-corrected chi connectivity index (χ1v) is 5.77. The van der Waals surface area contributed by atoms with E-state index in [4.69, 9.17) is 13.3 Å². The quantitative estimate of drug-likeness (QED) is 0.394. The van der Waals surface area contributed by atoms with E-state index < -0.39 is 13.4 Å². The summed E-state index contributed by atoms with van der Waals surface area (Å²) in [4.78, 5) is 0. The number of hydrogen-bond acceptors (Lipinski definition) is 5. The summed E-state index contributed by atoms with van der Waals surface area (Å²) < 4.78 is 13.9. The van der Waals surface area contributed by atoms with E-state index in [2.05, 4.69) is 12.6 Å². The molecule has 74 valence electrons. The predicted octanol–water partition coefficient (Wildman–Crippen LogP) is 0.432. The molecule has 0 aromatic rings. The minimum absolute atomic E-state index is 0.401. The molecule has 4 nitrogen and oxygen atoms in total. The molecule has 1 N–H and O–H groups in total. The molecule has 0 heterocycles. The maximum absolute atomic E-state index is 9.78. The molecule has 1 atom stereocenters. The van der Waals surface area contributed by atoms with Crippen LogP contribution in [-0.4, -0.2) is 39.8 Å². The Morgan fingerprint density at radius 1 is 1.25 bits per heavy atom. The van der Waals surface area contributed by atoms with Crippen LogP contribution in [-0.2, 0) is 13.3 Å². The average Bonchev–Trinajstić information content (AvgIpc) is 2.08. The average molecular weight is 212 g/mol. The molecule has 0 amide bonds. The lowest BCUT2D eigenvalue weighted by Crippen LogP contribution is -2.60. The second-order valence-electron chi connectivity index (χ2n) is 2.34. The third kappa shape index (κ3) is 2.01. The van der Waals surface area contributed by atoms with Crippen LogP contribution in [0.4, 0.5) is 0 Å². The third-order valence-corrected chi connectivity index (χ3v) is 5.87. The Balaban J connectivity index is 4.69. The van der Waals surface area contributed by atoms with Crippen molar-refractivity contribution in [1.29, 1.82) is 0 Å². The maximum atomic E-state index is 9.78. The zero-order valence-electron chi connectivity index (χ0n) is 7.83. The van der Waals surface area contributed by atoms with E-state index in [1.165, 1.54) is 21.3 Å². The van der Waals surface area contributed by atoms with Gasteiger partial charge in [0.15, 0.2) is 4.56 Å². The zero-order valence-corrected chi connectivity index (χ0v) is 9.72. The Morgan fingerprint density at radius 2 is 1.58 bits per heavy atom. The van der Waals surface area contributed by atoms with Crippen LogP contribution < -0.4 is 0 Å². The van der Waals surface area contributed by atoms with Gasteiger partial charge in [-0.1, -0.05) is 6.92 Å². The Hall–Kier alpha value is 0.407. The highest BCUT2D eigenvalue weighted by Crippen LogP contribution is 2.29. The molecule has 0 radical (unpaired) electrons. The highest BCUT2D eigenvalue weighted by molar-refractivity contribution is 7.83. The van der Waals surface area contributed by atoms with Gasteiger partial charge < -0.3 is 18.4 Å². The minimum atomic E-state index is -3.03. The van der Waals surface area contributed by atoms with Crippen LogP contribution in [0.25, 0.3) is 0 Å². The number of thiol groups is 1. The molecular formula is C6H16O4SSi. The lowest BCUT2D eigenvalue weighted by Gasteiger charge is -2.35. The van der Waals surface area contributed by atoms with E-state index in [0.29, 0.717) is 6.42 Å². The molecular weight excluding hydrogens is 196 g/mol. The smallest absolute Gasteiger partial charge is 0.375 e. The van der Waals surface area contributed by atoms with Gasteiger partial charge >= 0.3 is 8.80 Å². The summed E-state index contributed by atoms with van der Waals surface area (Å²) in [6.07, 6.45) is 0.401. The van der Waals surface area contributed by atoms with Crippen molar-refractivity contribution in [2.45, 2.75) is 17.9 Å². The summed E-state index contributed by atoms with van der Waals surface area (Å²) >= 11 is 4.05. The Morgan fingerprint density at radius 3 is 1.67 bits per heavy atom. The van der Waals surface area contributed by atoms with Crippen molar-refractivity contribution < 1.29 is 18.4 Å². The van der Waals surface area contributed by atoms with Crippen molar-refractivity contribution in [1.82, 2.24) is 0 Å². The minimum Gasteiger partial charge on any atom is -0.375 e. The van der Waals surface area contributed by atoms with Gasteiger partial charge in [0.2, 0.25) is 0 Å². The van der Waals surface area contributed by atoms with Crippen LogP contribution in [0.3, 0.4) is 0 Å². The van der Waals surface area contributed by atoms with Gasteiger partial charge in [0.25, 0.3) is 0 Å². The fraction of sp³-hybridized carbons (Fsp3) is 1.00. The highest BCUT2D eigenvalue weighted by atomic mass is 32.1. The Kier molecular flexibility index (Phi) is 4.75. The first-order chi connectivity index (χ1) is 5.49. The van der Waals surface area contributed by atoms with Gasteiger partial charge in [-0.3, -0.25) is 0 Å². The molecule has 0 aromatic heterocycles. The molecule has 0 aliphatic carbocycles. The molecule has 12 heavy (non-hydrogen) atoms. The number of aliphatic hydroxyl groups is 1. The lowest BCUT2D eigenvalue weighted by molar-refractivity contribution is 0.0426. The van der Waals surface area contributed by atoms with E-state index in [-0.39, 0.29) is 0 Å². The van der Waals surface area contributed by atoms with E-state index >= 15 is 0 Å². The standard InChI is InChI=1S/C6H16O4SSi/c1-5-6(7,11)12(8-2,9-3)10-4/h7,11H,5H2,1-4H3. The fourth-order valence-electron chi connectivity index (χ4n) is 0.957. The SMILES string of the molecule is CCC(O)(S)[Si](OC)(OC)OC. The molecule has 0 spiro atoms.